The van der Waals surface area contributed by atoms with Crippen LogP contribution in [0.1, 0.15) is 48.7 Å². The van der Waals surface area contributed by atoms with Crippen molar-refractivity contribution in [2.75, 3.05) is 19.8 Å². The molecule has 0 amide bonds. The lowest BCUT2D eigenvalue weighted by molar-refractivity contribution is 0.0526. The highest BCUT2D eigenvalue weighted by Crippen LogP contribution is 2.28. The number of nitrogens with zero attached hydrogens (tertiary/aromatic N) is 1. The number of benzene rings is 4. The SMILES string of the molecule is CCOC(=O)c1ccc(-c2ccc(C#N)c(OCCCNC(C)(C)Cc3ccc4ccccc4c3)c2)cc1. The van der Waals surface area contributed by atoms with E-state index in [-0.39, 0.29) is 11.5 Å². The summed E-state index contributed by atoms with van der Waals surface area (Å²) in [4.78, 5) is 11.9. The van der Waals surface area contributed by atoms with Crippen LogP contribution in [0.5, 0.6) is 5.75 Å². The van der Waals surface area contributed by atoms with E-state index in [9.17, 15) is 10.1 Å². The first-order chi connectivity index (χ1) is 18.4. The quantitative estimate of drug-likeness (QED) is 0.176. The van der Waals surface area contributed by atoms with E-state index in [4.69, 9.17) is 9.47 Å². The standard InChI is InChI=1S/C33H34N2O3/c1-4-37-32(36)27-14-12-26(13-15-27)29-16-17-30(23-34)31(21-29)38-19-7-18-35-33(2,3)22-24-10-11-25-8-5-6-9-28(25)20-24/h5-6,8-17,20-21,35H,4,7,18-19,22H2,1-3H3. The molecule has 5 heteroatoms. The Kier molecular flexibility index (Phi) is 8.78. The number of nitrogens with one attached hydrogen (secondary N) is 1. The molecule has 38 heavy (non-hydrogen) atoms. The zero-order valence-corrected chi connectivity index (χ0v) is 22.3. The highest BCUT2D eigenvalue weighted by atomic mass is 16.5. The number of nitriles is 1. The first-order valence-electron chi connectivity index (χ1n) is 13.1. The van der Waals surface area contributed by atoms with Gasteiger partial charge in [-0.05, 0) is 91.9 Å². The Labute approximate surface area is 225 Å². The second-order valence-electron chi connectivity index (χ2n) is 9.99. The third-order valence-electron chi connectivity index (χ3n) is 6.47. The molecule has 1 N–H and O–H groups in total. The molecule has 4 aromatic carbocycles. The van der Waals surface area contributed by atoms with Crippen LogP contribution < -0.4 is 10.1 Å². The molecule has 0 aliphatic heterocycles. The van der Waals surface area contributed by atoms with Gasteiger partial charge in [-0.1, -0.05) is 60.7 Å². The molecule has 0 atom stereocenters. The van der Waals surface area contributed by atoms with E-state index < -0.39 is 0 Å². The average Bonchev–Trinajstić information content (AvgIpc) is 2.92. The minimum atomic E-state index is -0.336. The predicted octanol–water partition coefficient (Wildman–Crippen LogP) is 6.93. The highest BCUT2D eigenvalue weighted by molar-refractivity contribution is 5.90. The number of fused-ring (bicyclic) bond motifs is 1. The van der Waals surface area contributed by atoms with Gasteiger partial charge in [0.2, 0.25) is 0 Å². The van der Waals surface area contributed by atoms with Gasteiger partial charge in [-0.25, -0.2) is 4.79 Å². The largest absolute Gasteiger partial charge is 0.492 e. The lowest BCUT2D eigenvalue weighted by Crippen LogP contribution is -2.42. The number of carbonyl (C=O) groups is 1. The van der Waals surface area contributed by atoms with Gasteiger partial charge in [0, 0.05) is 5.54 Å². The molecule has 194 valence electrons. The van der Waals surface area contributed by atoms with E-state index in [1.807, 2.05) is 24.3 Å². The summed E-state index contributed by atoms with van der Waals surface area (Å²) >= 11 is 0. The van der Waals surface area contributed by atoms with Gasteiger partial charge >= 0.3 is 5.97 Å². The van der Waals surface area contributed by atoms with Gasteiger partial charge in [-0.2, -0.15) is 5.26 Å². The van der Waals surface area contributed by atoms with Crippen LogP contribution in [0, 0.1) is 11.3 Å². The van der Waals surface area contributed by atoms with Gasteiger partial charge in [0.05, 0.1) is 24.3 Å². The zero-order chi connectivity index (χ0) is 27.0. The van der Waals surface area contributed by atoms with Gasteiger partial charge in [0.15, 0.2) is 0 Å². The summed E-state index contributed by atoms with van der Waals surface area (Å²) in [5, 5.41) is 15.7. The maximum Gasteiger partial charge on any atom is 0.338 e. The number of hydrogen-bond acceptors (Lipinski definition) is 5. The van der Waals surface area contributed by atoms with E-state index in [1.54, 1.807) is 25.1 Å². The Morgan fingerprint density at radius 2 is 1.66 bits per heavy atom. The van der Waals surface area contributed by atoms with E-state index in [0.717, 1.165) is 30.5 Å². The normalized spacial score (nSPS) is 11.2. The zero-order valence-electron chi connectivity index (χ0n) is 22.3. The van der Waals surface area contributed by atoms with Crippen molar-refractivity contribution in [1.29, 1.82) is 5.26 Å². The molecule has 0 saturated carbocycles. The Balaban J connectivity index is 1.31. The van der Waals surface area contributed by atoms with Crippen LogP contribution in [0.25, 0.3) is 21.9 Å². The fourth-order valence-corrected chi connectivity index (χ4v) is 4.53. The summed E-state index contributed by atoms with van der Waals surface area (Å²) in [6, 6.07) is 30.1. The monoisotopic (exact) mass is 506 g/mol. The molecule has 4 rings (SSSR count). The number of ether oxygens (including phenoxy) is 2. The van der Waals surface area contributed by atoms with Crippen LogP contribution in [-0.2, 0) is 11.2 Å². The Bertz CT molecular complexity index is 1440. The first kappa shape index (κ1) is 26.9. The fourth-order valence-electron chi connectivity index (χ4n) is 4.53. The molecule has 0 aliphatic carbocycles. The molecule has 4 aromatic rings. The van der Waals surface area contributed by atoms with E-state index in [1.165, 1.54) is 16.3 Å². The Morgan fingerprint density at radius 1 is 0.921 bits per heavy atom. The van der Waals surface area contributed by atoms with E-state index in [2.05, 4.69) is 67.7 Å². The van der Waals surface area contributed by atoms with Gasteiger partial charge in [-0.15, -0.1) is 0 Å². The summed E-state index contributed by atoms with van der Waals surface area (Å²) in [5.41, 5.74) is 4.12. The van der Waals surface area contributed by atoms with Crippen LogP contribution in [0.3, 0.4) is 0 Å². The number of rotatable bonds is 11. The van der Waals surface area contributed by atoms with Crippen molar-refractivity contribution >= 4 is 16.7 Å². The van der Waals surface area contributed by atoms with Crippen LogP contribution in [0.4, 0.5) is 0 Å². The summed E-state index contributed by atoms with van der Waals surface area (Å²) in [7, 11) is 0. The molecule has 0 aliphatic rings. The van der Waals surface area contributed by atoms with Gasteiger partial charge < -0.3 is 14.8 Å². The van der Waals surface area contributed by atoms with Gasteiger partial charge in [0.25, 0.3) is 0 Å². The fraction of sp³-hybridized carbons (Fsp3) is 0.273. The molecule has 0 fully saturated rings. The van der Waals surface area contributed by atoms with Crippen molar-refractivity contribution in [1.82, 2.24) is 5.32 Å². The smallest absolute Gasteiger partial charge is 0.338 e. The third-order valence-corrected chi connectivity index (χ3v) is 6.47. The molecule has 0 spiro atoms. The van der Waals surface area contributed by atoms with Crippen LogP contribution in [0.2, 0.25) is 0 Å². The van der Waals surface area contributed by atoms with Crippen LogP contribution in [0.15, 0.2) is 84.9 Å². The second-order valence-corrected chi connectivity index (χ2v) is 9.99. The third kappa shape index (κ3) is 7.00. The summed E-state index contributed by atoms with van der Waals surface area (Å²) < 4.78 is 11.1. The van der Waals surface area contributed by atoms with Crippen molar-refractivity contribution in [2.45, 2.75) is 39.2 Å². The average molecular weight is 507 g/mol. The van der Waals surface area contributed by atoms with Crippen molar-refractivity contribution in [3.63, 3.8) is 0 Å². The second kappa shape index (κ2) is 12.4. The van der Waals surface area contributed by atoms with E-state index in [0.29, 0.717) is 30.1 Å². The Hall–Kier alpha value is -4.14. The molecule has 0 unspecified atom stereocenters. The minimum Gasteiger partial charge on any atom is -0.492 e. The molecule has 0 aromatic heterocycles. The van der Waals surface area contributed by atoms with Crippen molar-refractivity contribution in [3.05, 3.63) is 102 Å². The summed E-state index contributed by atoms with van der Waals surface area (Å²) in [6.45, 7) is 7.86. The number of hydrogen-bond donors (Lipinski definition) is 1. The number of esters is 1. The lowest BCUT2D eigenvalue weighted by atomic mass is 9.93. The summed E-state index contributed by atoms with van der Waals surface area (Å²) in [5.74, 6) is 0.229. The van der Waals surface area contributed by atoms with Gasteiger partial charge in [0.1, 0.15) is 11.8 Å². The maximum absolute atomic E-state index is 11.9. The van der Waals surface area contributed by atoms with Crippen molar-refractivity contribution in [2.24, 2.45) is 0 Å². The minimum absolute atomic E-state index is 0.0596. The molecule has 5 nitrogen and oxygen atoms in total. The van der Waals surface area contributed by atoms with Crippen LogP contribution in [-0.4, -0.2) is 31.3 Å². The van der Waals surface area contributed by atoms with Gasteiger partial charge in [-0.3, -0.25) is 0 Å². The molecule has 0 bridgehead atoms. The predicted molar refractivity (Wildman–Crippen MR) is 152 cm³/mol. The highest BCUT2D eigenvalue weighted by Gasteiger charge is 2.17. The Morgan fingerprint density at radius 3 is 2.39 bits per heavy atom. The number of carbonyl (C=O) groups excluding carboxylic acids is 1. The molecular weight excluding hydrogens is 472 g/mol. The molecule has 0 heterocycles. The van der Waals surface area contributed by atoms with Crippen LogP contribution >= 0.6 is 0 Å². The topological polar surface area (TPSA) is 71.4 Å². The molecular formula is C33H34N2O3. The summed E-state index contributed by atoms with van der Waals surface area (Å²) in [6.07, 6.45) is 1.73. The molecule has 0 radical (unpaired) electrons. The van der Waals surface area contributed by atoms with E-state index >= 15 is 0 Å². The first-order valence-corrected chi connectivity index (χ1v) is 13.1. The maximum atomic E-state index is 11.9. The lowest BCUT2D eigenvalue weighted by Gasteiger charge is -2.27. The van der Waals surface area contributed by atoms with Crippen molar-refractivity contribution in [3.8, 4) is 22.9 Å². The van der Waals surface area contributed by atoms with Crippen molar-refractivity contribution < 1.29 is 14.3 Å². The molecule has 0 saturated heterocycles.